The molecule has 0 aliphatic carbocycles. The highest BCUT2D eigenvalue weighted by molar-refractivity contribution is 6.01. The van der Waals surface area contributed by atoms with E-state index in [1.807, 2.05) is 0 Å². The maximum absolute atomic E-state index is 11.4. The average Bonchev–Trinajstić information content (AvgIpc) is 2.38. The highest BCUT2D eigenvalue weighted by Crippen LogP contribution is 2.27. The van der Waals surface area contributed by atoms with Crippen molar-refractivity contribution in [1.29, 1.82) is 0 Å². The molecule has 8 nitrogen and oxygen atoms in total. The van der Waals surface area contributed by atoms with E-state index in [2.05, 4.69) is 14.8 Å². The molecule has 1 amide bonds. The first kappa shape index (κ1) is 16.3. The van der Waals surface area contributed by atoms with Crippen LogP contribution in [-0.4, -0.2) is 36.5 Å². The Labute approximate surface area is 120 Å². The van der Waals surface area contributed by atoms with Gasteiger partial charge in [-0.15, -0.1) is 0 Å². The van der Waals surface area contributed by atoms with Crippen molar-refractivity contribution in [3.8, 4) is 5.75 Å². The molecule has 0 aliphatic rings. The van der Waals surface area contributed by atoms with E-state index in [0.29, 0.717) is 0 Å². The minimum absolute atomic E-state index is 0.0530. The van der Waals surface area contributed by atoms with Gasteiger partial charge in [0, 0.05) is 0 Å². The molecule has 1 aromatic rings. The van der Waals surface area contributed by atoms with Crippen LogP contribution in [0.5, 0.6) is 5.75 Å². The molecule has 114 valence electrons. The van der Waals surface area contributed by atoms with Gasteiger partial charge in [0.25, 0.3) is 0 Å². The number of aromatic carboxylic acids is 1. The second-order valence-corrected chi connectivity index (χ2v) is 3.61. The Morgan fingerprint density at radius 1 is 1.14 bits per heavy atom. The van der Waals surface area contributed by atoms with E-state index in [9.17, 15) is 19.5 Å². The van der Waals surface area contributed by atoms with Gasteiger partial charge in [0.2, 0.25) is 0 Å². The molecule has 0 heterocycles. The summed E-state index contributed by atoms with van der Waals surface area (Å²) in [5.74, 6) is -1.61. The zero-order chi connectivity index (χ0) is 15.8. The van der Waals surface area contributed by atoms with Crippen LogP contribution in [0.3, 0.4) is 0 Å². The molecule has 0 fully saturated rings. The second kappa shape index (κ2) is 7.73. The van der Waals surface area contributed by atoms with Gasteiger partial charge < -0.3 is 19.3 Å². The third-order valence-electron chi connectivity index (χ3n) is 2.21. The number of carbonyl (C=O) groups excluding carboxylic acids is 2. The maximum Gasteiger partial charge on any atom is 0.513 e. The molecule has 0 spiro atoms. The molecule has 0 aliphatic heterocycles. The van der Waals surface area contributed by atoms with E-state index >= 15 is 0 Å². The summed E-state index contributed by atoms with van der Waals surface area (Å²) in [5, 5.41) is 11.5. The summed E-state index contributed by atoms with van der Waals surface area (Å²) < 4.78 is 14.0. The number of rotatable bonds is 5. The number of hydrogen-bond donors (Lipinski definition) is 2. The summed E-state index contributed by atoms with van der Waals surface area (Å²) >= 11 is 0. The van der Waals surface area contributed by atoms with Crippen LogP contribution < -0.4 is 10.1 Å². The number of benzene rings is 1. The molecule has 0 aromatic heterocycles. The number of anilines is 1. The van der Waals surface area contributed by atoms with E-state index in [-0.39, 0.29) is 30.2 Å². The molecule has 0 atom stereocenters. The minimum atomic E-state index is -1.37. The van der Waals surface area contributed by atoms with Crippen molar-refractivity contribution in [2.24, 2.45) is 0 Å². The first-order valence-electron chi connectivity index (χ1n) is 6.14. The van der Waals surface area contributed by atoms with E-state index in [1.165, 1.54) is 18.2 Å². The summed E-state index contributed by atoms with van der Waals surface area (Å²) in [6.07, 6.45) is -1.85. The number of hydrogen-bond acceptors (Lipinski definition) is 6. The Hall–Kier alpha value is -2.77. The number of amides is 1. The van der Waals surface area contributed by atoms with E-state index < -0.39 is 18.2 Å². The standard InChI is InChI=1S/C13H15NO7/c1-3-19-12(17)14-8-6-5-7-9(10(8)11(15)16)21-13(18)20-4-2/h5-7H,3-4H2,1-2H3,(H,14,17)(H,15,16). The number of ether oxygens (including phenoxy) is 3. The third-order valence-corrected chi connectivity index (χ3v) is 2.21. The molecule has 0 saturated carbocycles. The summed E-state index contributed by atoms with van der Waals surface area (Å²) in [6.45, 7) is 3.41. The van der Waals surface area contributed by atoms with Crippen molar-refractivity contribution < 1.29 is 33.7 Å². The van der Waals surface area contributed by atoms with Crippen LogP contribution in [0.4, 0.5) is 15.3 Å². The van der Waals surface area contributed by atoms with Crippen LogP contribution in [0, 0.1) is 0 Å². The number of carbonyl (C=O) groups is 3. The molecule has 1 rings (SSSR count). The predicted molar refractivity (Wildman–Crippen MR) is 71.7 cm³/mol. The van der Waals surface area contributed by atoms with E-state index in [1.54, 1.807) is 13.8 Å². The van der Waals surface area contributed by atoms with Crippen LogP contribution in [-0.2, 0) is 9.47 Å². The van der Waals surface area contributed by atoms with Crippen LogP contribution in [0.2, 0.25) is 0 Å². The molecule has 0 saturated heterocycles. The topological polar surface area (TPSA) is 111 Å². The molecule has 21 heavy (non-hydrogen) atoms. The largest absolute Gasteiger partial charge is 0.513 e. The number of carboxylic acid groups (broad SMARTS) is 1. The van der Waals surface area contributed by atoms with Gasteiger partial charge in [0.15, 0.2) is 5.75 Å². The Morgan fingerprint density at radius 3 is 2.38 bits per heavy atom. The molecule has 2 N–H and O–H groups in total. The van der Waals surface area contributed by atoms with Gasteiger partial charge in [-0.25, -0.2) is 14.4 Å². The van der Waals surface area contributed by atoms with Crippen molar-refractivity contribution in [2.45, 2.75) is 13.8 Å². The normalized spacial score (nSPS) is 9.62. The van der Waals surface area contributed by atoms with Gasteiger partial charge in [-0.05, 0) is 26.0 Å². The minimum Gasteiger partial charge on any atom is -0.477 e. The first-order chi connectivity index (χ1) is 9.99. The third kappa shape index (κ3) is 4.68. The molecular formula is C13H15NO7. The molecular weight excluding hydrogens is 282 g/mol. The SMILES string of the molecule is CCOC(=O)Nc1cccc(OC(=O)OCC)c1C(=O)O. The van der Waals surface area contributed by atoms with Gasteiger partial charge in [-0.2, -0.15) is 0 Å². The molecule has 1 aromatic carbocycles. The second-order valence-electron chi connectivity index (χ2n) is 3.61. The molecule has 0 bridgehead atoms. The fraction of sp³-hybridized carbons (Fsp3) is 0.308. The molecule has 0 unspecified atom stereocenters. The Morgan fingerprint density at radius 2 is 1.81 bits per heavy atom. The van der Waals surface area contributed by atoms with Crippen molar-refractivity contribution in [3.05, 3.63) is 23.8 Å². The average molecular weight is 297 g/mol. The highest BCUT2D eigenvalue weighted by atomic mass is 16.7. The van der Waals surface area contributed by atoms with Gasteiger partial charge >= 0.3 is 18.2 Å². The Kier molecular flexibility index (Phi) is 5.99. The lowest BCUT2D eigenvalue weighted by Crippen LogP contribution is -2.18. The zero-order valence-corrected chi connectivity index (χ0v) is 11.5. The van der Waals surface area contributed by atoms with Crippen LogP contribution >= 0.6 is 0 Å². The number of nitrogens with one attached hydrogen (secondary N) is 1. The lowest BCUT2D eigenvalue weighted by atomic mass is 10.1. The maximum atomic E-state index is 11.4. The molecule has 8 heteroatoms. The summed E-state index contributed by atoms with van der Waals surface area (Å²) in [4.78, 5) is 33.9. The quantitative estimate of drug-likeness (QED) is 0.634. The summed E-state index contributed by atoms with van der Waals surface area (Å²) in [5.41, 5.74) is -0.429. The number of carboxylic acids is 1. The monoisotopic (exact) mass is 297 g/mol. The predicted octanol–water partition coefficient (Wildman–Crippen LogP) is 2.49. The van der Waals surface area contributed by atoms with Gasteiger partial charge in [-0.3, -0.25) is 5.32 Å². The Bertz CT molecular complexity index is 503. The zero-order valence-electron chi connectivity index (χ0n) is 11.5. The summed E-state index contributed by atoms with van der Waals surface area (Å²) in [6, 6.07) is 4.04. The van der Waals surface area contributed by atoms with Gasteiger partial charge in [0.05, 0.1) is 18.9 Å². The fourth-order valence-electron chi connectivity index (χ4n) is 1.46. The van der Waals surface area contributed by atoms with Gasteiger partial charge in [-0.1, -0.05) is 6.07 Å². The highest BCUT2D eigenvalue weighted by Gasteiger charge is 2.21. The Balaban J connectivity index is 3.06. The van der Waals surface area contributed by atoms with Crippen molar-refractivity contribution in [1.82, 2.24) is 0 Å². The smallest absolute Gasteiger partial charge is 0.477 e. The van der Waals surface area contributed by atoms with Crippen molar-refractivity contribution in [2.75, 3.05) is 18.5 Å². The van der Waals surface area contributed by atoms with Crippen LogP contribution in [0.15, 0.2) is 18.2 Å². The summed E-state index contributed by atoms with van der Waals surface area (Å²) in [7, 11) is 0. The van der Waals surface area contributed by atoms with Crippen molar-refractivity contribution in [3.63, 3.8) is 0 Å². The van der Waals surface area contributed by atoms with Gasteiger partial charge in [0.1, 0.15) is 5.56 Å². The molecule has 0 radical (unpaired) electrons. The fourth-order valence-corrected chi connectivity index (χ4v) is 1.46. The first-order valence-corrected chi connectivity index (χ1v) is 6.14. The lowest BCUT2D eigenvalue weighted by Gasteiger charge is -2.12. The van der Waals surface area contributed by atoms with Crippen LogP contribution in [0.25, 0.3) is 0 Å². The van der Waals surface area contributed by atoms with E-state index in [4.69, 9.17) is 4.74 Å². The van der Waals surface area contributed by atoms with E-state index in [0.717, 1.165) is 0 Å². The lowest BCUT2D eigenvalue weighted by molar-refractivity contribution is 0.0691. The van der Waals surface area contributed by atoms with Crippen molar-refractivity contribution >= 4 is 23.9 Å². The van der Waals surface area contributed by atoms with Crippen LogP contribution in [0.1, 0.15) is 24.2 Å².